The van der Waals surface area contributed by atoms with Crippen LogP contribution in [0.1, 0.15) is 17.7 Å². The van der Waals surface area contributed by atoms with Gasteiger partial charge in [-0.15, -0.1) is 0 Å². The topological polar surface area (TPSA) is 64.3 Å². The lowest BCUT2D eigenvalue weighted by atomic mass is 9.99. The van der Waals surface area contributed by atoms with Gasteiger partial charge in [0.2, 0.25) is 0 Å². The molecule has 1 aliphatic heterocycles. The number of aromatic nitrogens is 3. The number of fused-ring (bicyclic) bond motifs is 1. The van der Waals surface area contributed by atoms with Crippen LogP contribution in [0.2, 0.25) is 0 Å². The highest BCUT2D eigenvalue weighted by molar-refractivity contribution is 5.88. The molecule has 2 aromatic heterocycles. The van der Waals surface area contributed by atoms with Crippen LogP contribution in [-0.2, 0) is 0 Å². The largest absolute Gasteiger partial charge is 0.497 e. The molecule has 3 heterocycles. The van der Waals surface area contributed by atoms with Crippen molar-refractivity contribution in [3.63, 3.8) is 0 Å². The third-order valence-electron chi connectivity index (χ3n) is 4.37. The summed E-state index contributed by atoms with van der Waals surface area (Å²) in [6.45, 7) is 3.60. The SMILES string of the molecule is COc1cccc(C2=CCN(c3ncnc4onc(C)c34)CC2)c1. The van der Waals surface area contributed by atoms with E-state index in [1.165, 1.54) is 17.5 Å². The summed E-state index contributed by atoms with van der Waals surface area (Å²) in [6.07, 6.45) is 4.72. The normalized spacial score (nSPS) is 14.8. The molecule has 4 rings (SSSR count). The van der Waals surface area contributed by atoms with E-state index in [2.05, 4.69) is 38.2 Å². The molecule has 1 aromatic carbocycles. The molecule has 0 saturated carbocycles. The first-order chi connectivity index (χ1) is 11.8. The number of methoxy groups -OCH3 is 1. The van der Waals surface area contributed by atoms with E-state index in [9.17, 15) is 0 Å². The molecule has 24 heavy (non-hydrogen) atoms. The number of hydrogen-bond acceptors (Lipinski definition) is 6. The monoisotopic (exact) mass is 322 g/mol. The molecule has 6 heteroatoms. The number of benzene rings is 1. The number of aryl methyl sites for hydroxylation is 1. The van der Waals surface area contributed by atoms with E-state index in [1.807, 2.05) is 19.1 Å². The zero-order chi connectivity index (χ0) is 16.5. The summed E-state index contributed by atoms with van der Waals surface area (Å²) in [5.41, 5.74) is 3.91. The fourth-order valence-corrected chi connectivity index (χ4v) is 3.09. The van der Waals surface area contributed by atoms with Crippen LogP contribution in [-0.4, -0.2) is 35.3 Å². The molecule has 1 aliphatic rings. The van der Waals surface area contributed by atoms with Crippen LogP contribution >= 0.6 is 0 Å². The molecule has 6 nitrogen and oxygen atoms in total. The van der Waals surface area contributed by atoms with Crippen LogP contribution < -0.4 is 9.64 Å². The Morgan fingerprint density at radius 3 is 2.96 bits per heavy atom. The average molecular weight is 322 g/mol. The molecular weight excluding hydrogens is 304 g/mol. The second-order valence-corrected chi connectivity index (χ2v) is 5.80. The van der Waals surface area contributed by atoms with Gasteiger partial charge in [-0.25, -0.2) is 4.98 Å². The van der Waals surface area contributed by atoms with Crippen LogP contribution in [0, 0.1) is 6.92 Å². The first-order valence-electron chi connectivity index (χ1n) is 7.91. The minimum absolute atomic E-state index is 0.542. The number of rotatable bonds is 3. The lowest BCUT2D eigenvalue weighted by molar-refractivity contribution is 0.414. The van der Waals surface area contributed by atoms with Gasteiger partial charge in [0.15, 0.2) is 0 Å². The van der Waals surface area contributed by atoms with Gasteiger partial charge in [-0.2, -0.15) is 4.98 Å². The number of ether oxygens (including phenoxy) is 1. The lowest BCUT2D eigenvalue weighted by Gasteiger charge is -2.28. The van der Waals surface area contributed by atoms with Crippen LogP contribution in [0.3, 0.4) is 0 Å². The quantitative estimate of drug-likeness (QED) is 0.737. The molecule has 0 bridgehead atoms. The maximum absolute atomic E-state index is 5.32. The molecule has 0 aliphatic carbocycles. The lowest BCUT2D eigenvalue weighted by Crippen LogP contribution is -2.29. The first-order valence-corrected chi connectivity index (χ1v) is 7.91. The molecular formula is C18H18N4O2. The molecule has 0 unspecified atom stereocenters. The molecule has 0 radical (unpaired) electrons. The van der Waals surface area contributed by atoms with Crippen molar-refractivity contribution in [2.45, 2.75) is 13.3 Å². The summed E-state index contributed by atoms with van der Waals surface area (Å²) < 4.78 is 10.6. The predicted octanol–water partition coefficient (Wildman–Crippen LogP) is 3.23. The highest BCUT2D eigenvalue weighted by Crippen LogP contribution is 2.30. The Hall–Kier alpha value is -2.89. The Labute approximate surface area is 139 Å². The summed E-state index contributed by atoms with van der Waals surface area (Å²) in [4.78, 5) is 10.8. The number of anilines is 1. The number of nitrogens with zero attached hydrogens (tertiary/aromatic N) is 4. The van der Waals surface area contributed by atoms with Gasteiger partial charge < -0.3 is 14.2 Å². The maximum Gasteiger partial charge on any atom is 0.263 e. The van der Waals surface area contributed by atoms with Gasteiger partial charge in [-0.05, 0) is 36.6 Å². The molecule has 0 atom stereocenters. The third kappa shape index (κ3) is 2.50. The van der Waals surface area contributed by atoms with Crippen LogP contribution in [0.15, 0.2) is 41.2 Å². The van der Waals surface area contributed by atoms with E-state index in [4.69, 9.17) is 9.26 Å². The molecule has 122 valence electrons. The minimum atomic E-state index is 0.542. The molecule has 0 fully saturated rings. The van der Waals surface area contributed by atoms with Gasteiger partial charge in [0.1, 0.15) is 23.3 Å². The van der Waals surface area contributed by atoms with Crippen molar-refractivity contribution in [1.29, 1.82) is 0 Å². The Morgan fingerprint density at radius 1 is 1.25 bits per heavy atom. The summed E-state index contributed by atoms with van der Waals surface area (Å²) in [5.74, 6) is 1.77. The molecule has 0 N–H and O–H groups in total. The fourth-order valence-electron chi connectivity index (χ4n) is 3.09. The summed E-state index contributed by atoms with van der Waals surface area (Å²) in [7, 11) is 1.69. The minimum Gasteiger partial charge on any atom is -0.497 e. The Balaban J connectivity index is 1.63. The second-order valence-electron chi connectivity index (χ2n) is 5.80. The summed E-state index contributed by atoms with van der Waals surface area (Å²) in [6, 6.07) is 8.19. The van der Waals surface area contributed by atoms with Crippen molar-refractivity contribution in [3.8, 4) is 5.75 Å². The zero-order valence-corrected chi connectivity index (χ0v) is 13.7. The smallest absolute Gasteiger partial charge is 0.263 e. The van der Waals surface area contributed by atoms with E-state index in [-0.39, 0.29) is 0 Å². The van der Waals surface area contributed by atoms with E-state index in [0.29, 0.717) is 5.71 Å². The Bertz CT molecular complexity index is 916. The van der Waals surface area contributed by atoms with E-state index < -0.39 is 0 Å². The molecule has 0 saturated heterocycles. The predicted molar refractivity (Wildman–Crippen MR) is 92.1 cm³/mol. The second kappa shape index (κ2) is 5.96. The van der Waals surface area contributed by atoms with Crippen LogP contribution in [0.5, 0.6) is 5.75 Å². The van der Waals surface area contributed by atoms with E-state index >= 15 is 0 Å². The van der Waals surface area contributed by atoms with Gasteiger partial charge in [-0.3, -0.25) is 0 Å². The number of hydrogen-bond donors (Lipinski definition) is 0. The van der Waals surface area contributed by atoms with Crippen LogP contribution in [0.25, 0.3) is 16.7 Å². The van der Waals surface area contributed by atoms with E-state index in [0.717, 1.165) is 42.2 Å². The van der Waals surface area contributed by atoms with Gasteiger partial charge in [-0.1, -0.05) is 23.4 Å². The van der Waals surface area contributed by atoms with E-state index in [1.54, 1.807) is 7.11 Å². The highest BCUT2D eigenvalue weighted by atomic mass is 16.5. The standard InChI is InChI=1S/C18H18N4O2/c1-12-16-17(19-11-20-18(16)24-21-12)22-8-6-13(7-9-22)14-4-3-5-15(10-14)23-2/h3-6,10-11H,7-9H2,1-2H3. The van der Waals surface area contributed by atoms with Gasteiger partial charge >= 0.3 is 0 Å². The van der Waals surface area contributed by atoms with Gasteiger partial charge in [0, 0.05) is 13.1 Å². The maximum atomic E-state index is 5.32. The zero-order valence-electron chi connectivity index (χ0n) is 13.7. The summed E-state index contributed by atoms with van der Waals surface area (Å²) in [5, 5.41) is 4.90. The molecule has 0 spiro atoms. The van der Waals surface area contributed by atoms with Crippen molar-refractivity contribution in [2.75, 3.05) is 25.1 Å². The summed E-state index contributed by atoms with van der Waals surface area (Å²) >= 11 is 0. The Morgan fingerprint density at radius 2 is 2.17 bits per heavy atom. The molecule has 0 amide bonds. The van der Waals surface area contributed by atoms with Crippen LogP contribution in [0.4, 0.5) is 5.82 Å². The van der Waals surface area contributed by atoms with Crippen molar-refractivity contribution in [3.05, 3.63) is 47.9 Å². The highest BCUT2D eigenvalue weighted by Gasteiger charge is 2.20. The van der Waals surface area contributed by atoms with Gasteiger partial charge in [0.05, 0.1) is 12.8 Å². The first kappa shape index (κ1) is 14.7. The fraction of sp³-hybridized carbons (Fsp3) is 0.278. The van der Waals surface area contributed by atoms with Crippen molar-refractivity contribution in [2.24, 2.45) is 0 Å². The average Bonchev–Trinajstić information content (AvgIpc) is 3.03. The molecule has 3 aromatic rings. The third-order valence-corrected chi connectivity index (χ3v) is 4.37. The van der Waals surface area contributed by atoms with Crippen molar-refractivity contribution < 1.29 is 9.26 Å². The van der Waals surface area contributed by atoms with Crippen molar-refractivity contribution >= 4 is 22.5 Å². The Kier molecular flexibility index (Phi) is 3.65. The van der Waals surface area contributed by atoms with Crippen molar-refractivity contribution in [1.82, 2.24) is 15.1 Å². The van der Waals surface area contributed by atoms with Gasteiger partial charge in [0.25, 0.3) is 5.71 Å².